The van der Waals surface area contributed by atoms with Crippen LogP contribution in [0.4, 0.5) is 0 Å². The van der Waals surface area contributed by atoms with Gasteiger partial charge in [0.15, 0.2) is 6.10 Å². The van der Waals surface area contributed by atoms with Gasteiger partial charge in [0.05, 0.1) is 14.2 Å². The molecular weight excluding hydrogens is 272 g/mol. The fourth-order valence-electron chi connectivity index (χ4n) is 1.99. The molecule has 2 rings (SSSR count). The molecule has 21 heavy (non-hydrogen) atoms. The van der Waals surface area contributed by atoms with Gasteiger partial charge in [0, 0.05) is 0 Å². The molecule has 0 radical (unpaired) electrons. The van der Waals surface area contributed by atoms with Gasteiger partial charge in [0.1, 0.15) is 11.3 Å². The van der Waals surface area contributed by atoms with Crippen LogP contribution >= 0.6 is 0 Å². The van der Waals surface area contributed by atoms with Crippen molar-refractivity contribution in [2.24, 2.45) is 0 Å². The van der Waals surface area contributed by atoms with E-state index in [1.165, 1.54) is 21.1 Å². The highest BCUT2D eigenvalue weighted by Crippen LogP contribution is 2.26. The van der Waals surface area contributed by atoms with E-state index in [1.807, 2.05) is 24.3 Å². The van der Waals surface area contributed by atoms with Crippen LogP contribution in [0, 0.1) is 0 Å². The fourth-order valence-corrected chi connectivity index (χ4v) is 1.99. The molecule has 5 heteroatoms. The summed E-state index contributed by atoms with van der Waals surface area (Å²) < 4.78 is 14.8. The Morgan fingerprint density at radius 3 is 2.24 bits per heavy atom. The zero-order chi connectivity index (χ0) is 15.4. The van der Waals surface area contributed by atoms with Crippen LogP contribution < -0.4 is 4.74 Å². The number of hydrogen-bond acceptors (Lipinski definition) is 5. The number of carbonyl (C=O) groups excluding carboxylic acids is 2. The number of ether oxygens (including phenoxy) is 3. The Hall–Kier alpha value is -2.56. The lowest BCUT2D eigenvalue weighted by molar-refractivity contribution is -0.149. The first kappa shape index (κ1) is 14.8. The van der Waals surface area contributed by atoms with Crippen molar-refractivity contribution in [3.63, 3.8) is 0 Å². The summed E-state index contributed by atoms with van der Waals surface area (Å²) in [5, 5.41) is 1.84. The summed E-state index contributed by atoms with van der Waals surface area (Å²) in [4.78, 5) is 23.5. The second-order valence-corrected chi connectivity index (χ2v) is 4.47. The molecule has 0 aliphatic rings. The number of esters is 2. The Morgan fingerprint density at radius 1 is 1.05 bits per heavy atom. The number of benzene rings is 2. The van der Waals surface area contributed by atoms with Crippen molar-refractivity contribution in [1.29, 1.82) is 0 Å². The highest BCUT2D eigenvalue weighted by molar-refractivity contribution is 5.99. The van der Waals surface area contributed by atoms with Gasteiger partial charge in [0.2, 0.25) is 0 Å². The van der Waals surface area contributed by atoms with Crippen molar-refractivity contribution in [1.82, 2.24) is 0 Å². The Bertz CT molecular complexity index is 677. The molecule has 0 aliphatic carbocycles. The fraction of sp³-hybridized carbons (Fsp3) is 0.250. The van der Waals surface area contributed by atoms with Gasteiger partial charge in [-0.05, 0) is 29.8 Å². The number of methoxy groups -OCH3 is 2. The van der Waals surface area contributed by atoms with Crippen molar-refractivity contribution in [3.05, 3.63) is 42.0 Å². The molecule has 0 spiro atoms. The third-order valence-corrected chi connectivity index (χ3v) is 3.10. The molecule has 2 aromatic rings. The zero-order valence-corrected chi connectivity index (χ0v) is 12.1. The first-order chi connectivity index (χ1) is 10.1. The Kier molecular flexibility index (Phi) is 4.42. The van der Waals surface area contributed by atoms with Crippen molar-refractivity contribution in [2.45, 2.75) is 13.0 Å². The van der Waals surface area contributed by atoms with Gasteiger partial charge in [-0.3, -0.25) is 0 Å². The first-order valence-corrected chi connectivity index (χ1v) is 6.42. The van der Waals surface area contributed by atoms with Crippen LogP contribution in [0.5, 0.6) is 5.75 Å². The maximum absolute atomic E-state index is 12.2. The molecule has 0 heterocycles. The van der Waals surface area contributed by atoms with Gasteiger partial charge < -0.3 is 14.2 Å². The minimum atomic E-state index is -0.973. The summed E-state index contributed by atoms with van der Waals surface area (Å²) in [6, 6.07) is 11.0. The molecule has 0 fully saturated rings. The van der Waals surface area contributed by atoms with E-state index in [2.05, 4.69) is 4.74 Å². The van der Waals surface area contributed by atoms with Gasteiger partial charge in [-0.15, -0.1) is 0 Å². The third-order valence-electron chi connectivity index (χ3n) is 3.10. The minimum absolute atomic E-state index is 0.270. The van der Waals surface area contributed by atoms with E-state index in [-0.39, 0.29) is 5.56 Å². The number of fused-ring (bicyclic) bond motifs is 1. The molecule has 5 nitrogen and oxygen atoms in total. The van der Waals surface area contributed by atoms with E-state index in [4.69, 9.17) is 9.47 Å². The molecule has 110 valence electrons. The summed E-state index contributed by atoms with van der Waals surface area (Å²) in [7, 11) is 2.72. The van der Waals surface area contributed by atoms with Gasteiger partial charge in [-0.1, -0.05) is 24.3 Å². The molecule has 1 atom stereocenters. The molecule has 1 unspecified atom stereocenters. The molecule has 0 saturated heterocycles. The van der Waals surface area contributed by atoms with Crippen molar-refractivity contribution in [3.8, 4) is 5.75 Å². The third kappa shape index (κ3) is 3.13. The lowest BCUT2D eigenvalue weighted by Crippen LogP contribution is -2.25. The normalized spacial score (nSPS) is 11.8. The van der Waals surface area contributed by atoms with E-state index in [0.29, 0.717) is 5.75 Å². The lowest BCUT2D eigenvalue weighted by atomic mass is 10.1. The SMILES string of the molecule is COC(=O)C(C)OC(=O)c1cc2ccccc2cc1OC. The Morgan fingerprint density at radius 2 is 1.67 bits per heavy atom. The highest BCUT2D eigenvalue weighted by Gasteiger charge is 2.22. The minimum Gasteiger partial charge on any atom is -0.496 e. The van der Waals surface area contributed by atoms with Crippen LogP contribution in [0.3, 0.4) is 0 Å². The van der Waals surface area contributed by atoms with Crippen LogP contribution in [0.15, 0.2) is 36.4 Å². The van der Waals surface area contributed by atoms with Crippen LogP contribution in [0.2, 0.25) is 0 Å². The number of rotatable bonds is 4. The van der Waals surface area contributed by atoms with E-state index < -0.39 is 18.0 Å². The molecule has 0 amide bonds. The summed E-state index contributed by atoms with van der Waals surface area (Å²) >= 11 is 0. The molecule has 2 aromatic carbocycles. The summed E-state index contributed by atoms with van der Waals surface area (Å²) in [6.07, 6.45) is -0.973. The molecule has 0 saturated carbocycles. The standard InChI is InChI=1S/C16H16O5/c1-10(15(17)20-3)21-16(18)13-8-11-6-4-5-7-12(11)9-14(13)19-2/h4-10H,1-3H3. The maximum atomic E-state index is 12.2. The van der Waals surface area contributed by atoms with Gasteiger partial charge >= 0.3 is 11.9 Å². The molecule has 0 N–H and O–H groups in total. The lowest BCUT2D eigenvalue weighted by Gasteiger charge is -2.13. The van der Waals surface area contributed by atoms with E-state index in [1.54, 1.807) is 12.1 Å². The van der Waals surface area contributed by atoms with Crippen molar-refractivity contribution < 1.29 is 23.8 Å². The van der Waals surface area contributed by atoms with E-state index in [9.17, 15) is 9.59 Å². The van der Waals surface area contributed by atoms with Crippen LogP contribution in [0.1, 0.15) is 17.3 Å². The Balaban J connectivity index is 2.35. The maximum Gasteiger partial charge on any atom is 0.346 e. The van der Waals surface area contributed by atoms with Crippen molar-refractivity contribution in [2.75, 3.05) is 14.2 Å². The predicted octanol–water partition coefficient (Wildman–Crippen LogP) is 2.57. The molecular formula is C16H16O5. The van der Waals surface area contributed by atoms with Crippen molar-refractivity contribution >= 4 is 22.7 Å². The summed E-state index contributed by atoms with van der Waals surface area (Å²) in [6.45, 7) is 1.46. The molecule has 0 aliphatic heterocycles. The van der Waals surface area contributed by atoms with Crippen LogP contribution in [0.25, 0.3) is 10.8 Å². The monoisotopic (exact) mass is 288 g/mol. The summed E-state index contributed by atoms with van der Waals surface area (Å²) in [5.74, 6) is -0.839. The number of carbonyl (C=O) groups is 2. The average molecular weight is 288 g/mol. The molecule has 0 aromatic heterocycles. The van der Waals surface area contributed by atoms with E-state index in [0.717, 1.165) is 10.8 Å². The average Bonchev–Trinajstić information content (AvgIpc) is 2.52. The highest BCUT2D eigenvalue weighted by atomic mass is 16.6. The van der Waals surface area contributed by atoms with Gasteiger partial charge in [-0.25, -0.2) is 9.59 Å². The quantitative estimate of drug-likeness (QED) is 0.809. The molecule has 0 bridgehead atoms. The first-order valence-electron chi connectivity index (χ1n) is 6.42. The van der Waals surface area contributed by atoms with Gasteiger partial charge in [-0.2, -0.15) is 0 Å². The van der Waals surface area contributed by atoms with Gasteiger partial charge in [0.25, 0.3) is 0 Å². The zero-order valence-electron chi connectivity index (χ0n) is 12.1. The Labute approximate surface area is 122 Å². The number of hydrogen-bond donors (Lipinski definition) is 0. The topological polar surface area (TPSA) is 61.8 Å². The van der Waals surface area contributed by atoms with Crippen LogP contribution in [-0.2, 0) is 14.3 Å². The smallest absolute Gasteiger partial charge is 0.346 e. The van der Waals surface area contributed by atoms with E-state index >= 15 is 0 Å². The second-order valence-electron chi connectivity index (χ2n) is 4.47. The second kappa shape index (κ2) is 6.26. The predicted molar refractivity (Wildman–Crippen MR) is 77.4 cm³/mol. The summed E-state index contributed by atoms with van der Waals surface area (Å²) in [5.41, 5.74) is 0.270. The van der Waals surface area contributed by atoms with Crippen LogP contribution in [-0.4, -0.2) is 32.3 Å². The largest absolute Gasteiger partial charge is 0.496 e.